The molecule has 0 amide bonds. The molecule has 0 fully saturated rings. The van der Waals surface area contributed by atoms with Crippen molar-refractivity contribution < 1.29 is 9.63 Å². The Morgan fingerprint density at radius 3 is 2.95 bits per heavy atom. The van der Waals surface area contributed by atoms with Crippen molar-refractivity contribution in [3.05, 3.63) is 41.3 Å². The van der Waals surface area contributed by atoms with Crippen molar-refractivity contribution in [1.82, 2.24) is 20.1 Å². The lowest BCUT2D eigenvalue weighted by Crippen LogP contribution is -1.85. The average molecular weight is 319 g/mol. The van der Waals surface area contributed by atoms with E-state index in [1.165, 1.54) is 6.07 Å². The first-order valence-corrected chi connectivity index (χ1v) is 6.12. The van der Waals surface area contributed by atoms with Crippen LogP contribution in [0, 0.1) is 0 Å². The maximum Gasteiger partial charge on any atom is 0.280 e. The minimum absolute atomic E-state index is 0.00920. The summed E-state index contributed by atoms with van der Waals surface area (Å²) in [7, 11) is 0. The third-order valence-corrected chi connectivity index (χ3v) is 2.81. The molecule has 0 bridgehead atoms. The van der Waals surface area contributed by atoms with E-state index in [2.05, 4.69) is 36.0 Å². The van der Waals surface area contributed by atoms with E-state index >= 15 is 0 Å². The minimum Gasteiger partial charge on any atom is -0.505 e. The smallest absolute Gasteiger partial charge is 0.280 e. The van der Waals surface area contributed by atoms with E-state index in [-0.39, 0.29) is 17.3 Å². The van der Waals surface area contributed by atoms with Gasteiger partial charge in [0, 0.05) is 28.6 Å². The third kappa shape index (κ3) is 2.32. The number of aromatic hydroxyl groups is 1. The average Bonchev–Trinajstić information content (AvgIpc) is 2.89. The largest absolute Gasteiger partial charge is 0.505 e. The summed E-state index contributed by atoms with van der Waals surface area (Å²) in [5.74, 6) is 0.534. The van der Waals surface area contributed by atoms with Crippen LogP contribution in [0.15, 0.2) is 45.8 Å². The predicted octanol–water partition coefficient (Wildman–Crippen LogP) is 2.66. The molecular weight excluding hydrogens is 312 g/mol. The zero-order valence-electron chi connectivity index (χ0n) is 9.49. The number of rotatable bonds is 2. The number of halogens is 1. The highest BCUT2D eigenvalue weighted by Crippen LogP contribution is 2.27. The predicted molar refractivity (Wildman–Crippen MR) is 70.1 cm³/mol. The molecule has 0 aliphatic rings. The summed E-state index contributed by atoms with van der Waals surface area (Å²) in [5.41, 5.74) is 0.962. The fraction of sp³-hybridized carbons (Fsp3) is 0. The number of aromatic nitrogens is 4. The van der Waals surface area contributed by atoms with Gasteiger partial charge in [-0.05, 0) is 34.1 Å². The van der Waals surface area contributed by atoms with Gasteiger partial charge in [0.2, 0.25) is 5.82 Å². The van der Waals surface area contributed by atoms with Crippen molar-refractivity contribution in [2.24, 2.45) is 0 Å². The zero-order chi connectivity index (χ0) is 13.2. The molecule has 0 atom stereocenters. The van der Waals surface area contributed by atoms with E-state index in [1.807, 2.05) is 6.07 Å². The van der Waals surface area contributed by atoms with Crippen LogP contribution in [0.1, 0.15) is 0 Å². The molecule has 0 aliphatic carbocycles. The van der Waals surface area contributed by atoms with Gasteiger partial charge in [-0.3, -0.25) is 4.98 Å². The highest BCUT2D eigenvalue weighted by atomic mass is 79.9. The molecule has 0 unspecified atom stereocenters. The van der Waals surface area contributed by atoms with E-state index in [4.69, 9.17) is 4.52 Å². The summed E-state index contributed by atoms with van der Waals surface area (Å²) in [4.78, 5) is 12.2. The first-order valence-electron chi connectivity index (χ1n) is 5.33. The standard InChI is InChI=1S/C12H7BrN4O2/c13-8-4-7(5-14-6-8)11-16-12(19-17-11)10-9(18)2-1-3-15-10/h1-6,18H. The Bertz CT molecular complexity index is 729. The summed E-state index contributed by atoms with van der Waals surface area (Å²) < 4.78 is 5.92. The fourth-order valence-corrected chi connectivity index (χ4v) is 1.90. The van der Waals surface area contributed by atoms with E-state index in [0.29, 0.717) is 11.4 Å². The van der Waals surface area contributed by atoms with Crippen LogP contribution in [0.5, 0.6) is 5.75 Å². The molecule has 0 saturated heterocycles. The molecule has 0 aliphatic heterocycles. The van der Waals surface area contributed by atoms with Gasteiger partial charge in [-0.2, -0.15) is 4.98 Å². The van der Waals surface area contributed by atoms with Crippen molar-refractivity contribution in [2.75, 3.05) is 0 Å². The van der Waals surface area contributed by atoms with Crippen molar-refractivity contribution in [1.29, 1.82) is 0 Å². The second-order valence-corrected chi connectivity index (χ2v) is 4.60. The Kier molecular flexibility index (Phi) is 2.96. The van der Waals surface area contributed by atoms with Crippen molar-refractivity contribution >= 4 is 15.9 Å². The van der Waals surface area contributed by atoms with Gasteiger partial charge in [-0.1, -0.05) is 5.16 Å². The van der Waals surface area contributed by atoms with Gasteiger partial charge in [0.25, 0.3) is 5.89 Å². The summed E-state index contributed by atoms with van der Waals surface area (Å²) in [6, 6.07) is 4.95. The number of hydrogen-bond acceptors (Lipinski definition) is 6. The molecule has 0 spiro atoms. The van der Waals surface area contributed by atoms with E-state index in [0.717, 1.165) is 4.47 Å². The van der Waals surface area contributed by atoms with Gasteiger partial charge < -0.3 is 9.63 Å². The first-order chi connectivity index (χ1) is 9.24. The topological polar surface area (TPSA) is 84.9 Å². The van der Waals surface area contributed by atoms with E-state index < -0.39 is 0 Å². The first kappa shape index (κ1) is 11.8. The summed E-state index contributed by atoms with van der Waals surface area (Å²) >= 11 is 3.32. The highest BCUT2D eigenvalue weighted by molar-refractivity contribution is 9.10. The molecule has 3 aromatic rings. The van der Waals surface area contributed by atoms with Gasteiger partial charge in [-0.15, -0.1) is 0 Å². The van der Waals surface area contributed by atoms with E-state index in [1.54, 1.807) is 24.7 Å². The third-order valence-electron chi connectivity index (χ3n) is 2.38. The van der Waals surface area contributed by atoms with Crippen LogP contribution >= 0.6 is 15.9 Å². The van der Waals surface area contributed by atoms with Crippen molar-refractivity contribution in [2.45, 2.75) is 0 Å². The zero-order valence-corrected chi connectivity index (χ0v) is 11.1. The molecule has 0 saturated carbocycles. The van der Waals surface area contributed by atoms with Crippen LogP contribution in [0.25, 0.3) is 23.0 Å². The van der Waals surface area contributed by atoms with E-state index in [9.17, 15) is 5.11 Å². The van der Waals surface area contributed by atoms with Crippen molar-refractivity contribution in [3.63, 3.8) is 0 Å². The number of nitrogens with zero attached hydrogens (tertiary/aromatic N) is 4. The Morgan fingerprint density at radius 2 is 2.16 bits per heavy atom. The highest BCUT2D eigenvalue weighted by Gasteiger charge is 2.15. The summed E-state index contributed by atoms with van der Waals surface area (Å²) in [5, 5.41) is 13.5. The van der Waals surface area contributed by atoms with Crippen molar-refractivity contribution in [3.8, 4) is 28.7 Å². The molecule has 1 N–H and O–H groups in total. The maximum absolute atomic E-state index is 9.68. The number of hydrogen-bond donors (Lipinski definition) is 1. The van der Waals surface area contributed by atoms with Crippen LogP contribution in [0.2, 0.25) is 0 Å². The van der Waals surface area contributed by atoms with Gasteiger partial charge in [-0.25, -0.2) is 4.98 Å². The second kappa shape index (κ2) is 4.77. The van der Waals surface area contributed by atoms with Gasteiger partial charge in [0.1, 0.15) is 5.75 Å². The Labute approximate surface area is 116 Å². The molecule has 19 heavy (non-hydrogen) atoms. The van der Waals surface area contributed by atoms with Crippen LogP contribution in [-0.4, -0.2) is 25.2 Å². The maximum atomic E-state index is 9.68. The quantitative estimate of drug-likeness (QED) is 0.781. The molecule has 0 aromatic carbocycles. The van der Waals surface area contributed by atoms with Crippen LogP contribution in [0.4, 0.5) is 0 Å². The van der Waals surface area contributed by atoms with Gasteiger partial charge in [0.15, 0.2) is 5.69 Å². The molecule has 3 heterocycles. The van der Waals surface area contributed by atoms with Crippen LogP contribution in [0.3, 0.4) is 0 Å². The second-order valence-electron chi connectivity index (χ2n) is 3.69. The fourth-order valence-electron chi connectivity index (χ4n) is 1.53. The number of pyridine rings is 2. The summed E-state index contributed by atoms with van der Waals surface area (Å²) in [6.45, 7) is 0. The van der Waals surface area contributed by atoms with Gasteiger partial charge >= 0.3 is 0 Å². The lowest BCUT2D eigenvalue weighted by atomic mass is 10.3. The molecular formula is C12H7BrN4O2. The lowest BCUT2D eigenvalue weighted by molar-refractivity contribution is 0.423. The van der Waals surface area contributed by atoms with Crippen LogP contribution in [-0.2, 0) is 0 Å². The molecule has 94 valence electrons. The molecule has 7 heteroatoms. The molecule has 3 rings (SSSR count). The lowest BCUT2D eigenvalue weighted by Gasteiger charge is -1.95. The molecule has 6 nitrogen and oxygen atoms in total. The molecule has 3 aromatic heterocycles. The Morgan fingerprint density at radius 1 is 1.26 bits per heavy atom. The Balaban J connectivity index is 2.03. The van der Waals surface area contributed by atoms with Gasteiger partial charge in [0.05, 0.1) is 0 Å². The van der Waals surface area contributed by atoms with Crippen LogP contribution < -0.4 is 0 Å². The molecule has 0 radical (unpaired) electrons. The SMILES string of the molecule is Oc1cccnc1-c1nc(-c2cncc(Br)c2)no1. The summed E-state index contributed by atoms with van der Waals surface area (Å²) in [6.07, 6.45) is 4.83. The Hall–Kier alpha value is -2.28. The minimum atomic E-state index is -0.00920. The monoisotopic (exact) mass is 318 g/mol. The normalized spacial score (nSPS) is 10.6.